The van der Waals surface area contributed by atoms with E-state index in [2.05, 4.69) is 20.8 Å². The Kier molecular flexibility index (Phi) is 6.75. The fourth-order valence-corrected chi connectivity index (χ4v) is 2.81. The third kappa shape index (κ3) is 4.45. The minimum Gasteiger partial charge on any atom is -0.250 e. The van der Waals surface area contributed by atoms with Crippen molar-refractivity contribution in [2.75, 3.05) is 12.4 Å². The van der Waals surface area contributed by atoms with Gasteiger partial charge in [0.25, 0.3) is 0 Å². The second kappa shape index (κ2) is 6.35. The molecule has 0 radical (unpaired) electrons. The summed E-state index contributed by atoms with van der Waals surface area (Å²) in [6, 6.07) is 0. The Morgan fingerprint density at radius 3 is 2.30 bits per heavy atom. The van der Waals surface area contributed by atoms with Gasteiger partial charge in [-0.3, -0.25) is 0 Å². The second-order valence-electron chi connectivity index (χ2n) is 2.44. The van der Waals surface area contributed by atoms with Crippen LogP contribution in [0.25, 0.3) is 0 Å². The fraction of sp³-hybridized carbons (Fsp3) is 1.00. The number of alkyl halides is 1. The molecule has 0 rings (SSSR count). The first-order valence-electron chi connectivity index (χ1n) is 3.56. The molecule has 3 heteroatoms. The van der Waals surface area contributed by atoms with Crippen molar-refractivity contribution in [3.63, 3.8) is 0 Å². The maximum absolute atomic E-state index is 12.2. The molecule has 1 unspecified atom stereocenters. The lowest BCUT2D eigenvalue weighted by Crippen LogP contribution is -2.11. The Morgan fingerprint density at radius 2 is 2.00 bits per heavy atom. The normalized spacial score (nSPS) is 14.1. The van der Waals surface area contributed by atoms with Gasteiger partial charge in [0.15, 0.2) is 0 Å². The number of hydrogen-bond donors (Lipinski definition) is 0. The molecule has 62 valence electrons. The molecule has 0 heterocycles. The third-order valence-electron chi connectivity index (χ3n) is 1.21. The number of rotatable bonds is 5. The van der Waals surface area contributed by atoms with E-state index in [1.165, 1.54) is 0 Å². The van der Waals surface area contributed by atoms with Crippen molar-refractivity contribution in [2.24, 2.45) is 5.92 Å². The Labute approximate surface area is 70.7 Å². The van der Waals surface area contributed by atoms with E-state index in [4.69, 9.17) is 0 Å². The van der Waals surface area contributed by atoms with Crippen LogP contribution in [-0.4, -0.2) is 17.7 Å². The molecule has 0 nitrogen and oxygen atoms in total. The number of halogens is 1. The summed E-state index contributed by atoms with van der Waals surface area (Å²) in [4.78, 5) is 0. The van der Waals surface area contributed by atoms with Crippen LogP contribution in [0.1, 0.15) is 20.8 Å². The second-order valence-corrected chi connectivity index (χ2v) is 5.33. The first-order valence-corrected chi connectivity index (χ1v) is 5.94. The Bertz CT molecular complexity index is 76.0. The maximum Gasteiger partial charge on any atom is 0.102 e. The fourth-order valence-electron chi connectivity index (χ4n) is 0.470. The van der Waals surface area contributed by atoms with E-state index in [9.17, 15) is 4.39 Å². The minimum absolute atomic E-state index is 0.185. The van der Waals surface area contributed by atoms with Crippen LogP contribution in [0.4, 0.5) is 4.39 Å². The number of hydrogen-bond acceptors (Lipinski definition) is 2. The summed E-state index contributed by atoms with van der Waals surface area (Å²) in [6.07, 6.45) is 0. The molecule has 0 aromatic heterocycles. The lowest BCUT2D eigenvalue weighted by atomic mass is 10.1. The summed E-state index contributed by atoms with van der Waals surface area (Å²) in [5.74, 6) is 1.52. The van der Waals surface area contributed by atoms with Gasteiger partial charge in [-0.15, -0.1) is 0 Å². The highest BCUT2D eigenvalue weighted by Gasteiger charge is 2.12. The Morgan fingerprint density at radius 1 is 1.40 bits per heavy atom. The molecule has 0 aromatic rings. The molecular formula is C7H15FS2. The molecule has 10 heavy (non-hydrogen) atoms. The van der Waals surface area contributed by atoms with E-state index in [-0.39, 0.29) is 11.9 Å². The molecule has 0 saturated heterocycles. The third-order valence-corrected chi connectivity index (χ3v) is 4.35. The van der Waals surface area contributed by atoms with Gasteiger partial charge in [-0.25, -0.2) is 4.39 Å². The van der Waals surface area contributed by atoms with E-state index in [1.54, 1.807) is 21.6 Å². The quantitative estimate of drug-likeness (QED) is 0.598. The summed E-state index contributed by atoms with van der Waals surface area (Å²) >= 11 is 0. The average molecular weight is 182 g/mol. The molecular weight excluding hydrogens is 167 g/mol. The predicted octanol–water partition coefficient (Wildman–Crippen LogP) is 3.38. The largest absolute Gasteiger partial charge is 0.250 e. The molecule has 0 aromatic carbocycles. The van der Waals surface area contributed by atoms with E-state index in [1.807, 2.05) is 0 Å². The summed E-state index contributed by atoms with van der Waals surface area (Å²) in [6.45, 7) is 6.02. The van der Waals surface area contributed by atoms with E-state index in [0.29, 0.717) is 5.92 Å². The van der Waals surface area contributed by atoms with Crippen LogP contribution in [0.2, 0.25) is 0 Å². The smallest absolute Gasteiger partial charge is 0.102 e. The first kappa shape index (κ1) is 10.6. The highest BCUT2D eigenvalue weighted by atomic mass is 33.1. The lowest BCUT2D eigenvalue weighted by Gasteiger charge is -2.14. The maximum atomic E-state index is 12.2. The van der Waals surface area contributed by atoms with Gasteiger partial charge in [0, 0.05) is 11.0 Å². The zero-order valence-corrected chi connectivity index (χ0v) is 8.40. The van der Waals surface area contributed by atoms with E-state index >= 15 is 0 Å². The van der Waals surface area contributed by atoms with Crippen molar-refractivity contribution < 1.29 is 4.39 Å². The van der Waals surface area contributed by atoms with Crippen molar-refractivity contribution in [1.82, 2.24) is 0 Å². The van der Waals surface area contributed by atoms with Gasteiger partial charge in [0.1, 0.15) is 6.67 Å². The lowest BCUT2D eigenvalue weighted by molar-refractivity contribution is 0.433. The van der Waals surface area contributed by atoms with Gasteiger partial charge in [0.2, 0.25) is 0 Å². The summed E-state index contributed by atoms with van der Waals surface area (Å²) in [5.41, 5.74) is 0. The minimum atomic E-state index is -0.199. The van der Waals surface area contributed by atoms with Crippen molar-refractivity contribution in [3.05, 3.63) is 0 Å². The summed E-state index contributed by atoms with van der Waals surface area (Å²) in [5, 5.41) is 0.185. The van der Waals surface area contributed by atoms with Crippen LogP contribution in [-0.2, 0) is 0 Å². The SMILES string of the molecule is CCSSC(CF)C(C)C. The predicted molar refractivity (Wildman–Crippen MR) is 50.3 cm³/mol. The molecule has 0 saturated carbocycles. The van der Waals surface area contributed by atoms with Crippen LogP contribution in [0.3, 0.4) is 0 Å². The molecule has 0 aliphatic carbocycles. The highest BCUT2D eigenvalue weighted by Crippen LogP contribution is 2.30. The summed E-state index contributed by atoms with van der Waals surface area (Å²) < 4.78 is 12.2. The van der Waals surface area contributed by atoms with Gasteiger partial charge in [-0.1, -0.05) is 42.4 Å². The highest BCUT2D eigenvalue weighted by molar-refractivity contribution is 8.76. The Balaban J connectivity index is 3.40. The first-order chi connectivity index (χ1) is 4.72. The molecule has 0 fully saturated rings. The Hall–Kier alpha value is 0.630. The van der Waals surface area contributed by atoms with Gasteiger partial charge < -0.3 is 0 Å². The van der Waals surface area contributed by atoms with Gasteiger partial charge in [0.05, 0.1) is 0 Å². The zero-order chi connectivity index (χ0) is 7.98. The zero-order valence-electron chi connectivity index (χ0n) is 6.76. The van der Waals surface area contributed by atoms with Crippen molar-refractivity contribution in [2.45, 2.75) is 26.0 Å². The average Bonchev–Trinajstić information content (AvgIpc) is 1.89. The van der Waals surface area contributed by atoms with Gasteiger partial charge in [-0.05, 0) is 5.92 Å². The van der Waals surface area contributed by atoms with Crippen LogP contribution in [0, 0.1) is 5.92 Å². The topological polar surface area (TPSA) is 0 Å². The standard InChI is InChI=1S/C7H15FS2/c1-4-9-10-7(5-8)6(2)3/h6-7H,4-5H2,1-3H3. The van der Waals surface area contributed by atoms with Crippen molar-refractivity contribution >= 4 is 21.6 Å². The van der Waals surface area contributed by atoms with Crippen LogP contribution in [0.15, 0.2) is 0 Å². The molecule has 0 amide bonds. The molecule has 1 atom stereocenters. The van der Waals surface area contributed by atoms with Crippen molar-refractivity contribution in [1.29, 1.82) is 0 Å². The van der Waals surface area contributed by atoms with E-state index < -0.39 is 0 Å². The van der Waals surface area contributed by atoms with Crippen LogP contribution < -0.4 is 0 Å². The van der Waals surface area contributed by atoms with Crippen LogP contribution in [0.5, 0.6) is 0 Å². The summed E-state index contributed by atoms with van der Waals surface area (Å²) in [7, 11) is 3.42. The van der Waals surface area contributed by atoms with Crippen molar-refractivity contribution in [3.8, 4) is 0 Å². The molecule has 0 aliphatic rings. The monoisotopic (exact) mass is 182 g/mol. The van der Waals surface area contributed by atoms with Crippen LogP contribution >= 0.6 is 21.6 Å². The van der Waals surface area contributed by atoms with Gasteiger partial charge in [-0.2, -0.15) is 0 Å². The molecule has 0 N–H and O–H groups in total. The van der Waals surface area contributed by atoms with E-state index in [0.717, 1.165) is 5.75 Å². The molecule has 0 bridgehead atoms. The molecule has 0 spiro atoms. The molecule has 0 aliphatic heterocycles. The van der Waals surface area contributed by atoms with Gasteiger partial charge >= 0.3 is 0 Å².